The maximum atomic E-state index is 12.2. The number of hydrogen-bond acceptors (Lipinski definition) is 2. The number of aryl methyl sites for hydroxylation is 2. The van der Waals surface area contributed by atoms with Gasteiger partial charge in [-0.15, -0.1) is 0 Å². The molecule has 1 aliphatic carbocycles. The molecule has 102 valence electrons. The summed E-state index contributed by atoms with van der Waals surface area (Å²) in [6.45, 7) is 3.85. The molecule has 0 saturated heterocycles. The molecule has 1 aromatic carbocycles. The molecule has 0 aromatic heterocycles. The Kier molecular flexibility index (Phi) is 3.60. The maximum absolute atomic E-state index is 12.2. The van der Waals surface area contributed by atoms with Crippen LogP contribution in [0.1, 0.15) is 47.2 Å². The van der Waals surface area contributed by atoms with Gasteiger partial charge in [-0.1, -0.05) is 30.0 Å². The molecule has 0 bridgehead atoms. The van der Waals surface area contributed by atoms with E-state index in [-0.39, 0.29) is 5.91 Å². The van der Waals surface area contributed by atoms with Gasteiger partial charge in [-0.2, -0.15) is 0 Å². The van der Waals surface area contributed by atoms with E-state index in [1.54, 1.807) is 12.1 Å². The predicted octanol–water partition coefficient (Wildman–Crippen LogP) is 2.43. The zero-order valence-electron chi connectivity index (χ0n) is 11.3. The third-order valence-electron chi connectivity index (χ3n) is 3.70. The summed E-state index contributed by atoms with van der Waals surface area (Å²) in [6.07, 6.45) is 2.72. The second-order valence-electron chi connectivity index (χ2n) is 5.42. The molecule has 2 N–H and O–H groups in total. The van der Waals surface area contributed by atoms with Crippen LogP contribution in [0, 0.1) is 13.8 Å². The number of carboxylic acid groups (broad SMARTS) is 1. The first-order chi connectivity index (χ1) is 8.93. The molecule has 0 heterocycles. The van der Waals surface area contributed by atoms with E-state index in [0.717, 1.165) is 24.0 Å². The summed E-state index contributed by atoms with van der Waals surface area (Å²) in [5, 5.41) is 12.1. The minimum absolute atomic E-state index is 0.295. The number of rotatable bonds is 3. The van der Waals surface area contributed by atoms with Crippen LogP contribution in [0.25, 0.3) is 0 Å². The van der Waals surface area contributed by atoms with E-state index in [9.17, 15) is 14.7 Å². The van der Waals surface area contributed by atoms with Gasteiger partial charge in [0, 0.05) is 5.56 Å². The Balaban J connectivity index is 2.22. The van der Waals surface area contributed by atoms with Crippen LogP contribution in [-0.4, -0.2) is 22.5 Å². The fraction of sp³-hybridized carbons (Fsp3) is 0.467. The predicted molar refractivity (Wildman–Crippen MR) is 72.2 cm³/mol. The highest BCUT2D eigenvalue weighted by molar-refractivity contribution is 5.98. The van der Waals surface area contributed by atoms with Crippen LogP contribution >= 0.6 is 0 Å². The topological polar surface area (TPSA) is 66.4 Å². The second kappa shape index (κ2) is 5.03. The maximum Gasteiger partial charge on any atom is 0.329 e. The standard InChI is InChI=1S/C15H19NO3/c1-10-7-11(2)9-12(8-10)13(17)16-15(14(18)19)5-3-4-6-15/h7-9H,3-6H2,1-2H3,(H,16,17)(H,18,19). The third kappa shape index (κ3) is 2.78. The number of aliphatic carboxylic acids is 1. The molecule has 0 aliphatic heterocycles. The summed E-state index contributed by atoms with van der Waals surface area (Å²) in [5.41, 5.74) is 1.46. The van der Waals surface area contributed by atoms with Gasteiger partial charge in [-0.25, -0.2) is 4.79 Å². The van der Waals surface area contributed by atoms with Gasteiger partial charge in [0.15, 0.2) is 0 Å². The van der Waals surface area contributed by atoms with Crippen LogP contribution < -0.4 is 5.32 Å². The van der Waals surface area contributed by atoms with E-state index in [1.807, 2.05) is 19.9 Å². The minimum atomic E-state index is -1.07. The third-order valence-corrected chi connectivity index (χ3v) is 3.70. The number of nitrogens with one attached hydrogen (secondary N) is 1. The molecule has 19 heavy (non-hydrogen) atoms. The van der Waals surface area contributed by atoms with Crippen molar-refractivity contribution in [3.05, 3.63) is 34.9 Å². The van der Waals surface area contributed by atoms with Crippen molar-refractivity contribution in [1.29, 1.82) is 0 Å². The summed E-state index contributed by atoms with van der Waals surface area (Å²) < 4.78 is 0. The summed E-state index contributed by atoms with van der Waals surface area (Å²) >= 11 is 0. The molecule has 0 radical (unpaired) electrons. The normalized spacial score (nSPS) is 17.2. The van der Waals surface area contributed by atoms with E-state index in [1.165, 1.54) is 0 Å². The van der Waals surface area contributed by atoms with Gasteiger partial charge in [0.1, 0.15) is 5.54 Å². The first kappa shape index (κ1) is 13.6. The Labute approximate surface area is 112 Å². The highest BCUT2D eigenvalue weighted by Gasteiger charge is 2.42. The lowest BCUT2D eigenvalue weighted by atomic mass is 9.96. The van der Waals surface area contributed by atoms with Gasteiger partial charge in [0.25, 0.3) is 5.91 Å². The molecular weight excluding hydrogens is 242 g/mol. The Bertz CT molecular complexity index is 496. The zero-order chi connectivity index (χ0) is 14.0. The summed E-state index contributed by atoms with van der Waals surface area (Å²) in [5.74, 6) is -1.22. The van der Waals surface area contributed by atoms with Gasteiger partial charge < -0.3 is 10.4 Å². The number of carbonyl (C=O) groups is 2. The molecule has 4 heteroatoms. The summed E-state index contributed by atoms with van der Waals surface area (Å²) in [4.78, 5) is 23.6. The van der Waals surface area contributed by atoms with Crippen molar-refractivity contribution in [1.82, 2.24) is 5.32 Å². The average Bonchev–Trinajstić information content (AvgIpc) is 2.77. The molecule has 1 fully saturated rings. The monoisotopic (exact) mass is 261 g/mol. The lowest BCUT2D eigenvalue weighted by Gasteiger charge is -2.25. The quantitative estimate of drug-likeness (QED) is 0.878. The molecule has 0 unspecified atom stereocenters. The zero-order valence-corrected chi connectivity index (χ0v) is 11.3. The Morgan fingerprint density at radius 2 is 1.63 bits per heavy atom. The Hall–Kier alpha value is -1.84. The molecule has 0 atom stereocenters. The Morgan fingerprint density at radius 3 is 2.11 bits per heavy atom. The fourth-order valence-electron chi connectivity index (χ4n) is 2.77. The lowest BCUT2D eigenvalue weighted by molar-refractivity contribution is -0.144. The largest absolute Gasteiger partial charge is 0.480 e. The van der Waals surface area contributed by atoms with Gasteiger partial charge in [-0.05, 0) is 38.8 Å². The first-order valence-electron chi connectivity index (χ1n) is 6.57. The number of hydrogen-bond donors (Lipinski definition) is 2. The van der Waals surface area contributed by atoms with Crippen molar-refractivity contribution in [2.75, 3.05) is 0 Å². The number of amides is 1. The highest BCUT2D eigenvalue weighted by atomic mass is 16.4. The molecule has 4 nitrogen and oxygen atoms in total. The number of carboxylic acids is 1. The molecule has 1 amide bonds. The number of benzene rings is 1. The van der Waals surface area contributed by atoms with Crippen LogP contribution in [0.5, 0.6) is 0 Å². The van der Waals surface area contributed by atoms with E-state index in [2.05, 4.69) is 5.32 Å². The lowest BCUT2D eigenvalue weighted by Crippen LogP contribution is -2.52. The van der Waals surface area contributed by atoms with Gasteiger partial charge >= 0.3 is 5.97 Å². The average molecular weight is 261 g/mol. The Morgan fingerprint density at radius 1 is 1.11 bits per heavy atom. The van der Waals surface area contributed by atoms with Gasteiger partial charge in [0.2, 0.25) is 0 Å². The number of carbonyl (C=O) groups excluding carboxylic acids is 1. The van der Waals surface area contributed by atoms with E-state index in [0.29, 0.717) is 18.4 Å². The summed E-state index contributed by atoms with van der Waals surface area (Å²) in [7, 11) is 0. The molecular formula is C15H19NO3. The van der Waals surface area contributed by atoms with Crippen molar-refractivity contribution in [2.45, 2.75) is 45.1 Å². The van der Waals surface area contributed by atoms with Crippen LogP contribution in [-0.2, 0) is 4.79 Å². The van der Waals surface area contributed by atoms with Crippen LogP contribution in [0.2, 0.25) is 0 Å². The van der Waals surface area contributed by atoms with Crippen LogP contribution in [0.4, 0.5) is 0 Å². The SMILES string of the molecule is Cc1cc(C)cc(C(=O)NC2(C(=O)O)CCCC2)c1. The van der Waals surface area contributed by atoms with Crippen molar-refractivity contribution in [2.24, 2.45) is 0 Å². The first-order valence-corrected chi connectivity index (χ1v) is 6.57. The van der Waals surface area contributed by atoms with Crippen molar-refractivity contribution in [3.63, 3.8) is 0 Å². The molecule has 2 rings (SSSR count). The van der Waals surface area contributed by atoms with Gasteiger partial charge in [-0.3, -0.25) is 4.79 Å². The molecule has 0 spiro atoms. The molecule has 1 aromatic rings. The van der Waals surface area contributed by atoms with Crippen molar-refractivity contribution < 1.29 is 14.7 Å². The van der Waals surface area contributed by atoms with Crippen LogP contribution in [0.15, 0.2) is 18.2 Å². The minimum Gasteiger partial charge on any atom is -0.480 e. The second-order valence-corrected chi connectivity index (χ2v) is 5.42. The van der Waals surface area contributed by atoms with Crippen molar-refractivity contribution >= 4 is 11.9 Å². The van der Waals surface area contributed by atoms with Crippen molar-refractivity contribution in [3.8, 4) is 0 Å². The van der Waals surface area contributed by atoms with E-state index in [4.69, 9.17) is 0 Å². The van der Waals surface area contributed by atoms with E-state index < -0.39 is 11.5 Å². The van der Waals surface area contributed by atoms with Crippen LogP contribution in [0.3, 0.4) is 0 Å². The highest BCUT2D eigenvalue weighted by Crippen LogP contribution is 2.30. The van der Waals surface area contributed by atoms with E-state index >= 15 is 0 Å². The van der Waals surface area contributed by atoms with Gasteiger partial charge in [0.05, 0.1) is 0 Å². The smallest absolute Gasteiger partial charge is 0.329 e. The molecule has 1 aliphatic rings. The molecule has 1 saturated carbocycles. The fourth-order valence-corrected chi connectivity index (χ4v) is 2.77. The summed E-state index contributed by atoms with van der Waals surface area (Å²) in [6, 6.07) is 5.55.